The summed E-state index contributed by atoms with van der Waals surface area (Å²) in [6.07, 6.45) is 7.55. The highest BCUT2D eigenvalue weighted by Gasteiger charge is 2.33. The molecular weight excluding hydrogens is 212 g/mol. The van der Waals surface area contributed by atoms with Gasteiger partial charge in [0.25, 0.3) is 0 Å². The average molecular weight is 238 g/mol. The molecule has 3 saturated heterocycles. The Kier molecular flexibility index (Phi) is 3.69. The third-order valence-electron chi connectivity index (χ3n) is 4.75. The molecule has 3 aliphatic heterocycles. The molecular formula is C14H26N2O. The van der Waals surface area contributed by atoms with Crippen molar-refractivity contribution in [3.63, 3.8) is 0 Å². The van der Waals surface area contributed by atoms with E-state index >= 15 is 0 Å². The second kappa shape index (κ2) is 5.25. The van der Waals surface area contributed by atoms with Crippen molar-refractivity contribution >= 4 is 0 Å². The van der Waals surface area contributed by atoms with E-state index in [2.05, 4.69) is 17.1 Å². The highest BCUT2D eigenvalue weighted by molar-refractivity contribution is 4.92. The van der Waals surface area contributed by atoms with Gasteiger partial charge >= 0.3 is 0 Å². The third kappa shape index (κ3) is 3.01. The summed E-state index contributed by atoms with van der Waals surface area (Å²) < 4.78 is 5.59. The monoisotopic (exact) mass is 238 g/mol. The minimum atomic E-state index is 0.438. The second-order valence-electron chi connectivity index (χ2n) is 6.25. The molecule has 0 spiro atoms. The van der Waals surface area contributed by atoms with Crippen LogP contribution in [0.1, 0.15) is 39.0 Å². The van der Waals surface area contributed by atoms with Crippen molar-refractivity contribution < 1.29 is 4.74 Å². The molecule has 3 unspecified atom stereocenters. The van der Waals surface area contributed by atoms with Crippen LogP contribution in [0.15, 0.2) is 0 Å². The number of hydrogen-bond donors (Lipinski definition) is 1. The lowest BCUT2D eigenvalue weighted by Gasteiger charge is -2.34. The number of morpholine rings is 1. The lowest BCUT2D eigenvalue weighted by molar-refractivity contribution is -0.0202. The first-order chi connectivity index (χ1) is 8.29. The van der Waals surface area contributed by atoms with Gasteiger partial charge in [0.15, 0.2) is 0 Å². The number of hydrogen-bond acceptors (Lipinski definition) is 3. The Morgan fingerprint density at radius 3 is 2.71 bits per heavy atom. The molecule has 1 N–H and O–H groups in total. The molecule has 3 rings (SSSR count). The van der Waals surface area contributed by atoms with Crippen LogP contribution in [-0.2, 0) is 4.74 Å². The Hall–Kier alpha value is -0.120. The molecule has 17 heavy (non-hydrogen) atoms. The second-order valence-corrected chi connectivity index (χ2v) is 6.25. The van der Waals surface area contributed by atoms with E-state index in [4.69, 9.17) is 4.74 Å². The Morgan fingerprint density at radius 1 is 1.24 bits per heavy atom. The maximum atomic E-state index is 5.59. The summed E-state index contributed by atoms with van der Waals surface area (Å²) in [5.74, 6) is 0.979. The van der Waals surface area contributed by atoms with Gasteiger partial charge in [0, 0.05) is 25.2 Å². The number of nitrogens with one attached hydrogen (secondary N) is 1. The normalized spacial score (nSPS) is 42.9. The van der Waals surface area contributed by atoms with E-state index < -0.39 is 0 Å². The van der Waals surface area contributed by atoms with Crippen LogP contribution in [0.2, 0.25) is 0 Å². The summed E-state index contributed by atoms with van der Waals surface area (Å²) in [6, 6.07) is 1.70. The quantitative estimate of drug-likeness (QED) is 0.809. The zero-order valence-corrected chi connectivity index (χ0v) is 11.0. The average Bonchev–Trinajstić information content (AvgIpc) is 2.66. The summed E-state index contributed by atoms with van der Waals surface area (Å²) >= 11 is 0. The Morgan fingerprint density at radius 2 is 2.00 bits per heavy atom. The predicted molar refractivity (Wildman–Crippen MR) is 69.1 cm³/mol. The van der Waals surface area contributed by atoms with Crippen molar-refractivity contribution in [2.75, 3.05) is 26.2 Å². The van der Waals surface area contributed by atoms with E-state index in [1.807, 2.05) is 0 Å². The van der Waals surface area contributed by atoms with Crippen molar-refractivity contribution in [2.45, 2.75) is 57.2 Å². The lowest BCUT2D eigenvalue weighted by Crippen LogP contribution is -2.43. The molecule has 0 aliphatic carbocycles. The van der Waals surface area contributed by atoms with Gasteiger partial charge in [-0.3, -0.25) is 4.90 Å². The van der Waals surface area contributed by atoms with Crippen molar-refractivity contribution in [3.8, 4) is 0 Å². The van der Waals surface area contributed by atoms with Crippen LogP contribution in [0.4, 0.5) is 0 Å². The van der Waals surface area contributed by atoms with Crippen LogP contribution >= 0.6 is 0 Å². The molecule has 3 heterocycles. The minimum absolute atomic E-state index is 0.438. The van der Waals surface area contributed by atoms with Crippen LogP contribution in [0.3, 0.4) is 0 Å². The van der Waals surface area contributed by atoms with Crippen molar-refractivity contribution in [1.29, 1.82) is 0 Å². The number of piperidine rings is 1. The Bertz CT molecular complexity index is 247. The summed E-state index contributed by atoms with van der Waals surface area (Å²) in [4.78, 5) is 2.60. The third-order valence-corrected chi connectivity index (χ3v) is 4.75. The fraction of sp³-hybridized carbons (Fsp3) is 1.00. The largest absolute Gasteiger partial charge is 0.376 e. The van der Waals surface area contributed by atoms with Gasteiger partial charge in [0.1, 0.15) is 0 Å². The highest BCUT2D eigenvalue weighted by atomic mass is 16.5. The van der Waals surface area contributed by atoms with Crippen LogP contribution in [0.5, 0.6) is 0 Å². The molecule has 2 bridgehead atoms. The molecule has 98 valence electrons. The van der Waals surface area contributed by atoms with Crippen molar-refractivity contribution in [3.05, 3.63) is 0 Å². The molecule has 0 aromatic rings. The van der Waals surface area contributed by atoms with Gasteiger partial charge in [0.05, 0.1) is 12.7 Å². The Labute approximate surface area is 105 Å². The van der Waals surface area contributed by atoms with E-state index in [0.29, 0.717) is 6.10 Å². The van der Waals surface area contributed by atoms with E-state index in [0.717, 1.165) is 37.7 Å². The SMILES string of the molecule is CC1CN(CCC2CC3CCC(C2)N3)CCO1. The molecule has 0 radical (unpaired) electrons. The number of fused-ring (bicyclic) bond motifs is 2. The molecule has 3 atom stereocenters. The van der Waals surface area contributed by atoms with Crippen LogP contribution in [0, 0.1) is 5.92 Å². The molecule has 3 aliphatic rings. The van der Waals surface area contributed by atoms with E-state index in [-0.39, 0.29) is 0 Å². The fourth-order valence-corrected chi connectivity index (χ4v) is 3.87. The fourth-order valence-electron chi connectivity index (χ4n) is 3.87. The lowest BCUT2D eigenvalue weighted by atomic mass is 9.89. The van der Waals surface area contributed by atoms with Crippen LogP contribution in [-0.4, -0.2) is 49.3 Å². The first-order valence-electron chi connectivity index (χ1n) is 7.39. The minimum Gasteiger partial charge on any atom is -0.376 e. The molecule has 0 saturated carbocycles. The number of ether oxygens (including phenoxy) is 1. The zero-order chi connectivity index (χ0) is 11.7. The summed E-state index contributed by atoms with van der Waals surface area (Å²) in [7, 11) is 0. The topological polar surface area (TPSA) is 24.5 Å². The van der Waals surface area contributed by atoms with E-state index in [9.17, 15) is 0 Å². The van der Waals surface area contributed by atoms with Gasteiger partial charge in [-0.1, -0.05) is 0 Å². The maximum Gasteiger partial charge on any atom is 0.0674 e. The first-order valence-corrected chi connectivity index (χ1v) is 7.39. The van der Waals surface area contributed by atoms with E-state index in [1.54, 1.807) is 0 Å². The smallest absolute Gasteiger partial charge is 0.0674 e. The van der Waals surface area contributed by atoms with E-state index in [1.165, 1.54) is 38.6 Å². The van der Waals surface area contributed by atoms with Crippen molar-refractivity contribution in [2.24, 2.45) is 5.92 Å². The van der Waals surface area contributed by atoms with Gasteiger partial charge in [0.2, 0.25) is 0 Å². The molecule has 0 aromatic carbocycles. The predicted octanol–water partition coefficient (Wildman–Crippen LogP) is 1.63. The molecule has 0 aromatic heterocycles. The highest BCUT2D eigenvalue weighted by Crippen LogP contribution is 2.32. The Balaban J connectivity index is 1.42. The molecule has 0 amide bonds. The molecule has 3 heteroatoms. The molecule has 3 nitrogen and oxygen atoms in total. The van der Waals surface area contributed by atoms with Gasteiger partial charge < -0.3 is 10.1 Å². The van der Waals surface area contributed by atoms with Crippen LogP contribution < -0.4 is 5.32 Å². The van der Waals surface area contributed by atoms with Gasteiger partial charge in [-0.15, -0.1) is 0 Å². The summed E-state index contributed by atoms with van der Waals surface area (Å²) in [6.45, 7) is 6.69. The zero-order valence-electron chi connectivity index (χ0n) is 11.0. The van der Waals surface area contributed by atoms with Gasteiger partial charge in [-0.2, -0.15) is 0 Å². The first kappa shape index (κ1) is 11.9. The number of rotatable bonds is 3. The van der Waals surface area contributed by atoms with Crippen LogP contribution in [0.25, 0.3) is 0 Å². The maximum absolute atomic E-state index is 5.59. The summed E-state index contributed by atoms with van der Waals surface area (Å²) in [5.41, 5.74) is 0. The standard InChI is InChI=1S/C14H26N2O/c1-11-10-16(6-7-17-11)5-4-12-8-13-2-3-14(9-12)15-13/h11-15H,2-10H2,1H3. The summed E-state index contributed by atoms with van der Waals surface area (Å²) in [5, 5.41) is 3.73. The number of nitrogens with zero attached hydrogens (tertiary/aromatic N) is 1. The van der Waals surface area contributed by atoms with Gasteiger partial charge in [-0.25, -0.2) is 0 Å². The molecule has 3 fully saturated rings. The van der Waals surface area contributed by atoms with Crippen molar-refractivity contribution in [1.82, 2.24) is 10.2 Å². The van der Waals surface area contributed by atoms with Gasteiger partial charge in [-0.05, 0) is 51.5 Å².